The van der Waals surface area contributed by atoms with E-state index in [-0.39, 0.29) is 17.9 Å². The van der Waals surface area contributed by atoms with E-state index in [0.717, 1.165) is 30.6 Å². The first kappa shape index (κ1) is 14.6. The highest BCUT2D eigenvalue weighted by molar-refractivity contribution is 5.79. The lowest BCUT2D eigenvalue weighted by atomic mass is 9.92. The molecule has 1 aliphatic carbocycles. The molecule has 2 atom stereocenters. The molecular formula is C17H23NO2. The molecule has 1 aromatic rings. The van der Waals surface area contributed by atoms with Gasteiger partial charge in [-0.05, 0) is 32.3 Å². The molecule has 0 fully saturated rings. The Labute approximate surface area is 121 Å². The maximum atomic E-state index is 12.6. The van der Waals surface area contributed by atoms with Crippen molar-refractivity contribution < 1.29 is 9.53 Å². The van der Waals surface area contributed by atoms with Gasteiger partial charge >= 0.3 is 0 Å². The summed E-state index contributed by atoms with van der Waals surface area (Å²) in [5.74, 6) is 1.19. The van der Waals surface area contributed by atoms with Crippen LogP contribution in [0.3, 0.4) is 0 Å². The van der Waals surface area contributed by atoms with Gasteiger partial charge in [0.1, 0.15) is 5.75 Å². The van der Waals surface area contributed by atoms with E-state index in [1.165, 1.54) is 0 Å². The minimum absolute atomic E-state index is 0.0181. The maximum Gasteiger partial charge on any atom is 0.226 e. The molecule has 3 heteroatoms. The Hall–Kier alpha value is -1.77. The maximum absolute atomic E-state index is 12.6. The van der Waals surface area contributed by atoms with Crippen LogP contribution in [-0.2, 0) is 4.79 Å². The van der Waals surface area contributed by atoms with Crippen molar-refractivity contribution in [3.8, 4) is 5.75 Å². The standard InChI is InChI=1S/C17H23NO2/c1-13(15-11-7-8-12-16(15)20-3)18(2)17(19)14-9-5-4-6-10-14/h4-5,7-8,11-14H,6,9-10H2,1-3H3/t13-,14-/m0/s1. The Morgan fingerprint density at radius 3 is 2.75 bits per heavy atom. The highest BCUT2D eigenvalue weighted by atomic mass is 16.5. The van der Waals surface area contributed by atoms with Crippen LogP contribution in [0.25, 0.3) is 0 Å². The molecule has 0 aliphatic heterocycles. The first-order valence-electron chi connectivity index (χ1n) is 7.19. The molecule has 0 saturated carbocycles. The summed E-state index contributed by atoms with van der Waals surface area (Å²) in [7, 11) is 3.55. The lowest BCUT2D eigenvalue weighted by Crippen LogP contribution is -2.35. The van der Waals surface area contributed by atoms with Crippen molar-refractivity contribution in [3.05, 3.63) is 42.0 Å². The highest BCUT2D eigenvalue weighted by Crippen LogP contribution is 2.30. The first-order chi connectivity index (χ1) is 9.65. The van der Waals surface area contributed by atoms with Crippen LogP contribution in [0.5, 0.6) is 5.75 Å². The lowest BCUT2D eigenvalue weighted by Gasteiger charge is -2.30. The Morgan fingerprint density at radius 2 is 2.10 bits per heavy atom. The summed E-state index contributed by atoms with van der Waals surface area (Å²) in [4.78, 5) is 14.4. The molecule has 2 rings (SSSR count). The predicted molar refractivity (Wildman–Crippen MR) is 80.7 cm³/mol. The molecule has 1 amide bonds. The average Bonchev–Trinajstić information content (AvgIpc) is 2.53. The summed E-state index contributed by atoms with van der Waals surface area (Å²) in [6, 6.07) is 7.91. The van der Waals surface area contributed by atoms with E-state index in [1.807, 2.05) is 36.2 Å². The lowest BCUT2D eigenvalue weighted by molar-refractivity contribution is -0.136. The molecule has 0 spiro atoms. The first-order valence-corrected chi connectivity index (χ1v) is 7.19. The summed E-state index contributed by atoms with van der Waals surface area (Å²) in [5.41, 5.74) is 1.05. The molecule has 0 aromatic heterocycles. The van der Waals surface area contributed by atoms with Crippen molar-refractivity contribution >= 4 is 5.91 Å². The number of hydrogen-bond acceptors (Lipinski definition) is 2. The monoisotopic (exact) mass is 273 g/mol. The smallest absolute Gasteiger partial charge is 0.226 e. The topological polar surface area (TPSA) is 29.5 Å². The van der Waals surface area contributed by atoms with Crippen molar-refractivity contribution in [2.24, 2.45) is 5.92 Å². The van der Waals surface area contributed by atoms with Crippen molar-refractivity contribution in [1.82, 2.24) is 4.90 Å². The fourth-order valence-electron chi connectivity index (χ4n) is 2.72. The van der Waals surface area contributed by atoms with E-state index in [4.69, 9.17) is 4.74 Å². The summed E-state index contributed by atoms with van der Waals surface area (Å²) in [6.07, 6.45) is 7.11. The highest BCUT2D eigenvalue weighted by Gasteiger charge is 2.26. The number of amides is 1. The third kappa shape index (κ3) is 3.03. The normalized spacial score (nSPS) is 19.4. The quantitative estimate of drug-likeness (QED) is 0.785. The molecule has 0 bridgehead atoms. The van der Waals surface area contributed by atoms with Crippen LogP contribution in [-0.4, -0.2) is 25.0 Å². The third-order valence-electron chi connectivity index (χ3n) is 4.14. The molecule has 1 aliphatic rings. The van der Waals surface area contributed by atoms with Gasteiger partial charge in [0.05, 0.1) is 13.2 Å². The van der Waals surface area contributed by atoms with Crippen molar-refractivity contribution in [1.29, 1.82) is 0 Å². The number of nitrogens with zero attached hydrogens (tertiary/aromatic N) is 1. The Bertz CT molecular complexity index is 496. The van der Waals surface area contributed by atoms with Crippen LogP contribution in [0.15, 0.2) is 36.4 Å². The van der Waals surface area contributed by atoms with Gasteiger partial charge in [0.15, 0.2) is 0 Å². The molecule has 0 radical (unpaired) electrons. The summed E-state index contributed by atoms with van der Waals surface area (Å²) in [5, 5.41) is 0. The second-order valence-corrected chi connectivity index (χ2v) is 5.35. The van der Waals surface area contributed by atoms with Crippen molar-refractivity contribution in [3.63, 3.8) is 0 Å². The molecule has 0 heterocycles. The van der Waals surface area contributed by atoms with E-state index in [0.29, 0.717) is 0 Å². The van der Waals surface area contributed by atoms with Gasteiger partial charge in [0.2, 0.25) is 5.91 Å². The second-order valence-electron chi connectivity index (χ2n) is 5.35. The van der Waals surface area contributed by atoms with E-state index < -0.39 is 0 Å². The zero-order valence-corrected chi connectivity index (χ0v) is 12.5. The Balaban J connectivity index is 2.13. The number of para-hydroxylation sites is 1. The number of methoxy groups -OCH3 is 1. The minimum Gasteiger partial charge on any atom is -0.496 e. The van der Waals surface area contributed by atoms with Gasteiger partial charge in [-0.1, -0.05) is 30.4 Å². The molecule has 3 nitrogen and oxygen atoms in total. The Kier molecular flexibility index (Phi) is 4.83. The SMILES string of the molecule is COc1ccccc1[C@H](C)N(C)C(=O)[C@H]1CC=CCC1. The number of benzene rings is 1. The van der Waals surface area contributed by atoms with E-state index in [1.54, 1.807) is 7.11 Å². The number of allylic oxidation sites excluding steroid dienone is 2. The number of carbonyl (C=O) groups is 1. The second kappa shape index (κ2) is 6.60. The third-order valence-corrected chi connectivity index (χ3v) is 4.14. The van der Waals surface area contributed by atoms with E-state index in [9.17, 15) is 4.79 Å². The zero-order valence-electron chi connectivity index (χ0n) is 12.5. The van der Waals surface area contributed by atoms with Crippen LogP contribution < -0.4 is 4.74 Å². The Morgan fingerprint density at radius 1 is 1.35 bits per heavy atom. The summed E-state index contributed by atoms with van der Waals surface area (Å²) < 4.78 is 5.39. The molecule has 0 saturated heterocycles. The van der Waals surface area contributed by atoms with Gasteiger partial charge in [-0.3, -0.25) is 4.79 Å². The largest absolute Gasteiger partial charge is 0.496 e. The predicted octanol–water partition coefficient (Wildman–Crippen LogP) is 3.57. The summed E-state index contributed by atoms with van der Waals surface area (Å²) in [6.45, 7) is 2.05. The van der Waals surface area contributed by atoms with Crippen molar-refractivity contribution in [2.45, 2.75) is 32.2 Å². The van der Waals surface area contributed by atoms with Gasteiger partial charge in [-0.2, -0.15) is 0 Å². The number of hydrogen-bond donors (Lipinski definition) is 0. The number of ether oxygens (including phenoxy) is 1. The van der Waals surface area contributed by atoms with Gasteiger partial charge in [0, 0.05) is 18.5 Å². The molecule has 0 unspecified atom stereocenters. The molecule has 20 heavy (non-hydrogen) atoms. The fourth-order valence-corrected chi connectivity index (χ4v) is 2.72. The van der Waals surface area contributed by atoms with Crippen molar-refractivity contribution in [2.75, 3.05) is 14.2 Å². The van der Waals surface area contributed by atoms with Gasteiger partial charge in [-0.15, -0.1) is 0 Å². The van der Waals surface area contributed by atoms with Crippen LogP contribution in [0.2, 0.25) is 0 Å². The minimum atomic E-state index is 0.0181. The molecular weight excluding hydrogens is 250 g/mol. The van der Waals surface area contributed by atoms with Gasteiger partial charge < -0.3 is 9.64 Å². The van der Waals surface area contributed by atoms with Crippen LogP contribution in [0, 0.1) is 5.92 Å². The van der Waals surface area contributed by atoms with E-state index in [2.05, 4.69) is 19.1 Å². The van der Waals surface area contributed by atoms with Gasteiger partial charge in [0.25, 0.3) is 0 Å². The van der Waals surface area contributed by atoms with E-state index >= 15 is 0 Å². The molecule has 1 aromatic carbocycles. The average molecular weight is 273 g/mol. The zero-order chi connectivity index (χ0) is 14.5. The number of rotatable bonds is 4. The fraction of sp³-hybridized carbons (Fsp3) is 0.471. The van der Waals surface area contributed by atoms with Gasteiger partial charge in [-0.25, -0.2) is 0 Å². The molecule has 0 N–H and O–H groups in total. The number of carbonyl (C=O) groups excluding carboxylic acids is 1. The molecule has 108 valence electrons. The van der Waals surface area contributed by atoms with Crippen LogP contribution in [0.4, 0.5) is 0 Å². The van der Waals surface area contributed by atoms with Crippen LogP contribution in [0.1, 0.15) is 37.8 Å². The summed E-state index contributed by atoms with van der Waals surface area (Å²) >= 11 is 0. The van der Waals surface area contributed by atoms with Crippen LogP contribution >= 0.6 is 0 Å².